The van der Waals surface area contributed by atoms with Gasteiger partial charge in [-0.05, 0) is 61.8 Å². The molecule has 0 aliphatic carbocycles. The van der Waals surface area contributed by atoms with E-state index in [1.807, 2.05) is 12.1 Å². The van der Waals surface area contributed by atoms with Crippen molar-refractivity contribution in [1.29, 1.82) is 0 Å². The molecule has 3 nitrogen and oxygen atoms in total. The van der Waals surface area contributed by atoms with E-state index < -0.39 is 11.6 Å². The highest BCUT2D eigenvalue weighted by molar-refractivity contribution is 6.29. The van der Waals surface area contributed by atoms with Crippen molar-refractivity contribution in [2.24, 2.45) is 5.92 Å². The Morgan fingerprint density at radius 2 is 1.96 bits per heavy atom. The SMILES string of the molecule is O=C(c1cc(F)ccc1F)C1CCN(Cc2ccnc(Cl)c2)CC1. The Morgan fingerprint density at radius 3 is 2.67 bits per heavy atom. The fourth-order valence-corrected chi connectivity index (χ4v) is 3.26. The average Bonchev–Trinajstić information content (AvgIpc) is 2.57. The van der Waals surface area contributed by atoms with Gasteiger partial charge in [-0.25, -0.2) is 13.8 Å². The van der Waals surface area contributed by atoms with Crippen LogP contribution in [0.4, 0.5) is 8.78 Å². The van der Waals surface area contributed by atoms with Gasteiger partial charge >= 0.3 is 0 Å². The summed E-state index contributed by atoms with van der Waals surface area (Å²) in [6, 6.07) is 6.74. The van der Waals surface area contributed by atoms with Crippen LogP contribution in [0.25, 0.3) is 0 Å². The van der Waals surface area contributed by atoms with Gasteiger partial charge in [0, 0.05) is 18.7 Å². The predicted molar refractivity (Wildman–Crippen MR) is 87.9 cm³/mol. The molecular weight excluding hydrogens is 334 g/mol. The molecule has 1 aromatic carbocycles. The zero-order valence-electron chi connectivity index (χ0n) is 13.0. The predicted octanol–water partition coefficient (Wildman–Crippen LogP) is 4.11. The van der Waals surface area contributed by atoms with Crippen LogP contribution in [0.2, 0.25) is 5.15 Å². The van der Waals surface area contributed by atoms with Gasteiger partial charge in [-0.15, -0.1) is 0 Å². The molecule has 0 radical (unpaired) electrons. The van der Waals surface area contributed by atoms with E-state index in [4.69, 9.17) is 11.6 Å². The summed E-state index contributed by atoms with van der Waals surface area (Å²) in [5, 5.41) is 0.458. The van der Waals surface area contributed by atoms with Gasteiger partial charge in [0.15, 0.2) is 5.78 Å². The summed E-state index contributed by atoms with van der Waals surface area (Å²) in [4.78, 5) is 18.6. The van der Waals surface area contributed by atoms with Crippen LogP contribution in [-0.2, 0) is 6.54 Å². The summed E-state index contributed by atoms with van der Waals surface area (Å²) in [5.41, 5.74) is 0.922. The first-order chi connectivity index (χ1) is 11.5. The number of rotatable bonds is 4. The molecule has 1 aliphatic rings. The number of nitrogens with zero attached hydrogens (tertiary/aromatic N) is 2. The number of carbonyl (C=O) groups excluding carboxylic acids is 1. The molecule has 1 fully saturated rings. The van der Waals surface area contributed by atoms with Gasteiger partial charge in [-0.1, -0.05) is 11.6 Å². The lowest BCUT2D eigenvalue weighted by atomic mass is 9.88. The zero-order valence-corrected chi connectivity index (χ0v) is 13.8. The molecule has 3 rings (SSSR count). The maximum Gasteiger partial charge on any atom is 0.169 e. The van der Waals surface area contributed by atoms with E-state index in [1.165, 1.54) is 0 Å². The minimum absolute atomic E-state index is 0.144. The highest BCUT2D eigenvalue weighted by Gasteiger charge is 2.27. The van der Waals surface area contributed by atoms with Crippen LogP contribution >= 0.6 is 11.6 Å². The number of piperidine rings is 1. The zero-order chi connectivity index (χ0) is 17.1. The second kappa shape index (κ2) is 7.36. The number of benzene rings is 1. The molecular formula is C18H17ClF2N2O. The van der Waals surface area contributed by atoms with Crippen LogP contribution in [0.3, 0.4) is 0 Å². The quantitative estimate of drug-likeness (QED) is 0.614. The molecule has 0 N–H and O–H groups in total. The number of hydrogen-bond acceptors (Lipinski definition) is 3. The molecule has 6 heteroatoms. The van der Waals surface area contributed by atoms with Crippen molar-refractivity contribution < 1.29 is 13.6 Å². The standard InChI is InChI=1S/C18H17ClF2N2O/c19-17-9-12(3-6-22-17)11-23-7-4-13(5-8-23)18(24)15-10-14(20)1-2-16(15)21/h1-3,6,9-10,13H,4-5,7-8,11H2. The number of aromatic nitrogens is 1. The fraction of sp³-hybridized carbons (Fsp3) is 0.333. The molecule has 0 spiro atoms. The Labute approximate surface area is 144 Å². The fourth-order valence-electron chi connectivity index (χ4n) is 3.06. The van der Waals surface area contributed by atoms with E-state index in [9.17, 15) is 13.6 Å². The molecule has 1 aromatic heterocycles. The summed E-state index contributed by atoms with van der Waals surface area (Å²) < 4.78 is 27.0. The largest absolute Gasteiger partial charge is 0.299 e. The van der Waals surface area contributed by atoms with E-state index in [-0.39, 0.29) is 17.3 Å². The van der Waals surface area contributed by atoms with E-state index in [0.29, 0.717) is 18.0 Å². The van der Waals surface area contributed by atoms with Crippen molar-refractivity contribution in [3.05, 3.63) is 64.4 Å². The lowest BCUT2D eigenvalue weighted by Crippen LogP contribution is -2.36. The number of carbonyl (C=O) groups is 1. The second-order valence-electron chi connectivity index (χ2n) is 6.03. The first kappa shape index (κ1) is 17.0. The molecule has 0 amide bonds. The van der Waals surface area contributed by atoms with Gasteiger partial charge in [-0.2, -0.15) is 0 Å². The van der Waals surface area contributed by atoms with Crippen LogP contribution in [-0.4, -0.2) is 28.8 Å². The maximum atomic E-state index is 13.8. The first-order valence-electron chi connectivity index (χ1n) is 7.85. The first-order valence-corrected chi connectivity index (χ1v) is 8.23. The Morgan fingerprint density at radius 1 is 1.21 bits per heavy atom. The maximum absolute atomic E-state index is 13.8. The van der Waals surface area contributed by atoms with Crippen LogP contribution in [0, 0.1) is 17.6 Å². The third-order valence-corrected chi connectivity index (χ3v) is 4.56. The van der Waals surface area contributed by atoms with Crippen molar-refractivity contribution in [2.75, 3.05) is 13.1 Å². The molecule has 1 aliphatic heterocycles. The van der Waals surface area contributed by atoms with Crippen LogP contribution in [0.1, 0.15) is 28.8 Å². The van der Waals surface area contributed by atoms with Crippen LogP contribution in [0.15, 0.2) is 36.5 Å². The van der Waals surface area contributed by atoms with Crippen LogP contribution in [0.5, 0.6) is 0 Å². The molecule has 24 heavy (non-hydrogen) atoms. The summed E-state index contributed by atoms with van der Waals surface area (Å²) in [6.45, 7) is 2.19. The number of pyridine rings is 1. The van der Waals surface area contributed by atoms with Crippen molar-refractivity contribution in [2.45, 2.75) is 19.4 Å². The number of ketones is 1. The van der Waals surface area contributed by atoms with Gasteiger partial charge in [0.05, 0.1) is 5.56 Å². The number of likely N-dealkylation sites (tertiary alicyclic amines) is 1. The van der Waals surface area contributed by atoms with Gasteiger partial charge in [-0.3, -0.25) is 9.69 Å². The molecule has 2 aromatic rings. The van der Waals surface area contributed by atoms with Gasteiger partial charge < -0.3 is 0 Å². The van der Waals surface area contributed by atoms with Gasteiger partial charge in [0.1, 0.15) is 16.8 Å². The van der Waals surface area contributed by atoms with Crippen molar-refractivity contribution in [3.8, 4) is 0 Å². The van der Waals surface area contributed by atoms with Crippen molar-refractivity contribution in [1.82, 2.24) is 9.88 Å². The number of Topliss-reactive ketones (excluding diaryl/α,β-unsaturated/α-hetero) is 1. The number of hydrogen-bond donors (Lipinski definition) is 0. The smallest absolute Gasteiger partial charge is 0.169 e. The molecule has 126 valence electrons. The third kappa shape index (κ3) is 3.97. The Balaban J connectivity index is 1.60. The van der Waals surface area contributed by atoms with Crippen molar-refractivity contribution in [3.63, 3.8) is 0 Å². The second-order valence-corrected chi connectivity index (χ2v) is 6.41. The molecule has 2 heterocycles. The van der Waals surface area contributed by atoms with E-state index >= 15 is 0 Å². The van der Waals surface area contributed by atoms with E-state index in [2.05, 4.69) is 9.88 Å². The Bertz CT molecular complexity index is 746. The van der Waals surface area contributed by atoms with Crippen molar-refractivity contribution >= 4 is 17.4 Å². The monoisotopic (exact) mass is 350 g/mol. The minimum Gasteiger partial charge on any atom is -0.299 e. The van der Waals surface area contributed by atoms with E-state index in [0.717, 1.165) is 43.4 Å². The lowest BCUT2D eigenvalue weighted by Gasteiger charge is -2.31. The van der Waals surface area contributed by atoms with Gasteiger partial charge in [0.2, 0.25) is 0 Å². The minimum atomic E-state index is -0.657. The molecule has 0 saturated carbocycles. The highest BCUT2D eigenvalue weighted by Crippen LogP contribution is 2.24. The van der Waals surface area contributed by atoms with Crippen LogP contribution < -0.4 is 0 Å². The van der Waals surface area contributed by atoms with E-state index in [1.54, 1.807) is 6.20 Å². The summed E-state index contributed by atoms with van der Waals surface area (Å²) >= 11 is 5.88. The Kier molecular flexibility index (Phi) is 5.21. The molecule has 1 saturated heterocycles. The molecule has 0 atom stereocenters. The Hall–Kier alpha value is -1.85. The van der Waals surface area contributed by atoms with Gasteiger partial charge in [0.25, 0.3) is 0 Å². The summed E-state index contributed by atoms with van der Waals surface area (Å²) in [5.74, 6) is -1.82. The summed E-state index contributed by atoms with van der Waals surface area (Å²) in [7, 11) is 0. The lowest BCUT2D eigenvalue weighted by molar-refractivity contribution is 0.0830. The molecule has 0 bridgehead atoms. The number of halogens is 3. The normalized spacial score (nSPS) is 16.3. The summed E-state index contributed by atoms with van der Waals surface area (Å²) in [6.07, 6.45) is 2.93. The highest BCUT2D eigenvalue weighted by atomic mass is 35.5. The third-order valence-electron chi connectivity index (χ3n) is 4.35. The topological polar surface area (TPSA) is 33.2 Å². The molecule has 0 unspecified atom stereocenters. The average molecular weight is 351 g/mol.